The van der Waals surface area contributed by atoms with Crippen LogP contribution in [0, 0.1) is 17.3 Å². The molecule has 3 heteroatoms. The van der Waals surface area contributed by atoms with E-state index in [1.54, 1.807) is 6.92 Å². The molecule has 1 rings (SSSR count). The third kappa shape index (κ3) is 7.92. The average Bonchev–Trinajstić information content (AvgIpc) is 2.55. The highest BCUT2D eigenvalue weighted by molar-refractivity contribution is 5.81. The van der Waals surface area contributed by atoms with Crippen molar-refractivity contribution in [3.05, 3.63) is 0 Å². The Kier molecular flexibility index (Phi) is 10.4. The molecular formula is C22H40O3. The molecule has 1 aliphatic rings. The van der Waals surface area contributed by atoms with Gasteiger partial charge in [-0.25, -0.2) is 0 Å². The number of carbonyl (C=O) groups is 2. The van der Waals surface area contributed by atoms with Crippen LogP contribution in [-0.2, 0) is 14.3 Å². The summed E-state index contributed by atoms with van der Waals surface area (Å²) in [6.07, 6.45) is 14.2. The monoisotopic (exact) mass is 352 g/mol. The van der Waals surface area contributed by atoms with Crippen molar-refractivity contribution in [3.63, 3.8) is 0 Å². The molecule has 2 atom stereocenters. The lowest BCUT2D eigenvalue weighted by Gasteiger charge is -2.50. The quantitative estimate of drug-likeness (QED) is 0.280. The van der Waals surface area contributed by atoms with E-state index in [-0.39, 0.29) is 23.1 Å². The summed E-state index contributed by atoms with van der Waals surface area (Å²) in [4.78, 5) is 23.5. The largest absolute Gasteiger partial charge is 0.466 e. The summed E-state index contributed by atoms with van der Waals surface area (Å²) in [5, 5.41) is 0. The lowest BCUT2D eigenvalue weighted by molar-refractivity contribution is -0.153. The van der Waals surface area contributed by atoms with Crippen molar-refractivity contribution in [3.8, 4) is 0 Å². The van der Waals surface area contributed by atoms with Crippen LogP contribution >= 0.6 is 0 Å². The topological polar surface area (TPSA) is 43.4 Å². The summed E-state index contributed by atoms with van der Waals surface area (Å²) in [6, 6.07) is 0. The first-order valence-electron chi connectivity index (χ1n) is 10.6. The van der Waals surface area contributed by atoms with Crippen molar-refractivity contribution in [2.45, 2.75) is 105 Å². The zero-order valence-electron chi connectivity index (χ0n) is 17.1. The minimum Gasteiger partial charge on any atom is -0.466 e. The van der Waals surface area contributed by atoms with Crippen molar-refractivity contribution in [1.29, 1.82) is 0 Å². The smallest absolute Gasteiger partial charge is 0.306 e. The first kappa shape index (κ1) is 22.2. The van der Waals surface area contributed by atoms with Gasteiger partial charge in [-0.3, -0.25) is 9.59 Å². The molecule has 0 saturated heterocycles. The molecule has 25 heavy (non-hydrogen) atoms. The number of hydrogen-bond acceptors (Lipinski definition) is 3. The Labute approximate surface area is 155 Å². The lowest BCUT2D eigenvalue weighted by Crippen LogP contribution is -2.49. The van der Waals surface area contributed by atoms with Gasteiger partial charge in [-0.15, -0.1) is 0 Å². The van der Waals surface area contributed by atoms with Gasteiger partial charge in [0.05, 0.1) is 6.61 Å². The minimum atomic E-state index is -0.0870. The van der Waals surface area contributed by atoms with E-state index in [1.807, 2.05) is 0 Å². The third-order valence-corrected chi connectivity index (χ3v) is 6.14. The highest BCUT2D eigenvalue weighted by Crippen LogP contribution is 2.53. The van der Waals surface area contributed by atoms with Gasteiger partial charge in [-0.05, 0) is 31.1 Å². The third-order valence-electron chi connectivity index (χ3n) is 6.14. The Morgan fingerprint density at radius 1 is 0.920 bits per heavy atom. The molecule has 0 spiro atoms. The normalized spacial score (nSPS) is 21.6. The number of rotatable bonds is 14. The molecule has 3 nitrogen and oxygen atoms in total. The maximum atomic E-state index is 12.0. The number of unbranched alkanes of at least 4 members (excludes halogenated alkanes) is 9. The molecule has 0 aromatic carbocycles. The van der Waals surface area contributed by atoms with Gasteiger partial charge in [0.1, 0.15) is 5.78 Å². The first-order valence-corrected chi connectivity index (χ1v) is 10.6. The van der Waals surface area contributed by atoms with Crippen molar-refractivity contribution >= 4 is 11.8 Å². The van der Waals surface area contributed by atoms with Crippen molar-refractivity contribution in [2.75, 3.05) is 6.61 Å². The Morgan fingerprint density at radius 3 is 1.92 bits per heavy atom. The van der Waals surface area contributed by atoms with E-state index in [4.69, 9.17) is 4.74 Å². The summed E-state index contributed by atoms with van der Waals surface area (Å²) in [7, 11) is 0. The van der Waals surface area contributed by atoms with Gasteiger partial charge in [0.25, 0.3) is 0 Å². The minimum absolute atomic E-state index is 0.0536. The fourth-order valence-corrected chi connectivity index (χ4v) is 4.09. The predicted octanol–water partition coefficient (Wildman–Crippen LogP) is 6.09. The van der Waals surface area contributed by atoms with E-state index in [1.165, 1.54) is 51.4 Å². The van der Waals surface area contributed by atoms with Gasteiger partial charge in [-0.2, -0.15) is 0 Å². The molecule has 0 heterocycles. The lowest BCUT2D eigenvalue weighted by atomic mass is 9.53. The Balaban J connectivity index is 1.95. The van der Waals surface area contributed by atoms with Gasteiger partial charge in [0.15, 0.2) is 0 Å². The fraction of sp³-hybridized carbons (Fsp3) is 0.909. The second kappa shape index (κ2) is 11.7. The molecule has 0 amide bonds. The molecular weight excluding hydrogens is 312 g/mol. The summed E-state index contributed by atoms with van der Waals surface area (Å²) in [6.45, 7) is 8.67. The molecule has 146 valence electrons. The van der Waals surface area contributed by atoms with Crippen LogP contribution in [0.2, 0.25) is 0 Å². The van der Waals surface area contributed by atoms with Crippen LogP contribution in [0.15, 0.2) is 0 Å². The van der Waals surface area contributed by atoms with Crippen LogP contribution in [0.25, 0.3) is 0 Å². The van der Waals surface area contributed by atoms with Gasteiger partial charge in [0.2, 0.25) is 0 Å². The van der Waals surface area contributed by atoms with E-state index in [9.17, 15) is 9.59 Å². The van der Waals surface area contributed by atoms with Crippen LogP contribution in [-0.4, -0.2) is 18.4 Å². The van der Waals surface area contributed by atoms with E-state index < -0.39 is 0 Å². The molecule has 0 aromatic rings. The molecule has 0 unspecified atom stereocenters. The highest BCUT2D eigenvalue weighted by atomic mass is 16.5. The number of Topliss-reactive ketones (excluding diaryl/α,β-unsaturated/α-hetero) is 1. The fourth-order valence-electron chi connectivity index (χ4n) is 4.09. The van der Waals surface area contributed by atoms with Gasteiger partial charge in [-0.1, -0.05) is 78.6 Å². The number of ketones is 1. The number of esters is 1. The van der Waals surface area contributed by atoms with Gasteiger partial charge < -0.3 is 4.74 Å². The number of ether oxygens (including phenoxy) is 1. The summed E-state index contributed by atoms with van der Waals surface area (Å²) < 4.78 is 5.39. The highest BCUT2D eigenvalue weighted by Gasteiger charge is 2.50. The second-order valence-electron chi connectivity index (χ2n) is 8.52. The zero-order valence-corrected chi connectivity index (χ0v) is 17.1. The molecule has 0 N–H and O–H groups in total. The average molecular weight is 353 g/mol. The summed E-state index contributed by atoms with van der Waals surface area (Å²) in [5.74, 6) is 0.574. The molecule has 1 saturated carbocycles. The molecule has 0 aliphatic heterocycles. The standard InChI is InChI=1S/C22H40O3/c1-5-6-7-8-9-10-11-12-13-14-15-25-21(24)17-19-16-20(18(2)23)22(19,3)4/h19-20H,5-17H2,1-4H3/t19-,20+/m0/s1. The van der Waals surface area contributed by atoms with Crippen molar-refractivity contribution < 1.29 is 14.3 Å². The Hall–Kier alpha value is -0.860. The van der Waals surface area contributed by atoms with Crippen LogP contribution in [0.5, 0.6) is 0 Å². The molecule has 0 aromatic heterocycles. The van der Waals surface area contributed by atoms with Crippen LogP contribution in [0.4, 0.5) is 0 Å². The van der Waals surface area contributed by atoms with Crippen LogP contribution in [0.1, 0.15) is 105 Å². The molecule has 0 radical (unpaired) electrons. The van der Waals surface area contributed by atoms with Crippen LogP contribution in [0.3, 0.4) is 0 Å². The number of hydrogen-bond donors (Lipinski definition) is 0. The Bertz CT molecular complexity index is 400. The van der Waals surface area contributed by atoms with E-state index >= 15 is 0 Å². The molecule has 1 aliphatic carbocycles. The second-order valence-corrected chi connectivity index (χ2v) is 8.52. The van der Waals surface area contributed by atoms with E-state index in [0.717, 1.165) is 19.3 Å². The van der Waals surface area contributed by atoms with Crippen molar-refractivity contribution in [1.82, 2.24) is 0 Å². The summed E-state index contributed by atoms with van der Waals surface area (Å²) >= 11 is 0. The zero-order chi connectivity index (χ0) is 18.7. The molecule has 1 fully saturated rings. The molecule has 0 bridgehead atoms. The summed E-state index contributed by atoms with van der Waals surface area (Å²) in [5.41, 5.74) is -0.0536. The van der Waals surface area contributed by atoms with Crippen LogP contribution < -0.4 is 0 Å². The number of carbonyl (C=O) groups excluding carboxylic acids is 2. The predicted molar refractivity (Wildman–Crippen MR) is 103 cm³/mol. The van der Waals surface area contributed by atoms with E-state index in [2.05, 4.69) is 20.8 Å². The van der Waals surface area contributed by atoms with Gasteiger partial charge in [0, 0.05) is 12.3 Å². The Morgan fingerprint density at radius 2 is 1.44 bits per heavy atom. The SMILES string of the molecule is CCCCCCCCCCCCOC(=O)C[C@@H]1C[C@H](C(C)=O)C1(C)C. The van der Waals surface area contributed by atoms with E-state index in [0.29, 0.717) is 18.9 Å². The maximum absolute atomic E-state index is 12.0. The van der Waals surface area contributed by atoms with Gasteiger partial charge >= 0.3 is 5.97 Å². The first-order chi connectivity index (χ1) is 11.9. The van der Waals surface area contributed by atoms with Crippen molar-refractivity contribution in [2.24, 2.45) is 17.3 Å². The maximum Gasteiger partial charge on any atom is 0.306 e.